The number of aromatic nitrogens is 2. The number of rotatable bonds is 3. The molecule has 19 heavy (non-hydrogen) atoms. The molecule has 1 N–H and O–H groups in total. The topological polar surface area (TPSA) is 92.5 Å². The minimum Gasteiger partial charge on any atom is -0.480 e. The quantitative estimate of drug-likeness (QED) is 0.856. The molecule has 1 fully saturated rings. The molecule has 106 valence electrons. The van der Waals surface area contributed by atoms with Crippen LogP contribution in [0.3, 0.4) is 0 Å². The minimum atomic E-state index is -3.83. The normalized spacial score (nSPS) is 20.9. The van der Waals surface area contributed by atoms with Crippen molar-refractivity contribution >= 4 is 27.8 Å². The van der Waals surface area contributed by atoms with Gasteiger partial charge in [-0.15, -0.1) is 11.8 Å². The van der Waals surface area contributed by atoms with Crippen molar-refractivity contribution in [1.82, 2.24) is 14.1 Å². The second-order valence-electron chi connectivity index (χ2n) is 4.37. The number of carboxylic acid groups (broad SMARTS) is 1. The van der Waals surface area contributed by atoms with Gasteiger partial charge in [-0.05, 0) is 13.8 Å². The van der Waals surface area contributed by atoms with Crippen molar-refractivity contribution in [2.75, 3.05) is 11.6 Å². The van der Waals surface area contributed by atoms with Crippen molar-refractivity contribution in [1.29, 1.82) is 0 Å². The summed E-state index contributed by atoms with van der Waals surface area (Å²) in [4.78, 5) is 11.2. The predicted molar refractivity (Wildman–Crippen MR) is 70.5 cm³/mol. The van der Waals surface area contributed by atoms with Crippen LogP contribution in [0, 0.1) is 13.8 Å². The van der Waals surface area contributed by atoms with Gasteiger partial charge >= 0.3 is 5.97 Å². The third-order valence-corrected chi connectivity index (χ3v) is 6.42. The maximum atomic E-state index is 12.6. The van der Waals surface area contributed by atoms with Gasteiger partial charge in [0.15, 0.2) is 0 Å². The van der Waals surface area contributed by atoms with Crippen LogP contribution in [0.2, 0.25) is 0 Å². The lowest BCUT2D eigenvalue weighted by atomic mass is 10.4. The van der Waals surface area contributed by atoms with Crippen LogP contribution >= 0.6 is 11.8 Å². The van der Waals surface area contributed by atoms with Gasteiger partial charge in [-0.2, -0.15) is 9.40 Å². The second-order valence-corrected chi connectivity index (χ2v) is 7.20. The molecule has 0 spiro atoms. The fourth-order valence-electron chi connectivity index (χ4n) is 2.10. The van der Waals surface area contributed by atoms with Crippen LogP contribution in [0.25, 0.3) is 0 Å². The highest BCUT2D eigenvalue weighted by molar-refractivity contribution is 8.00. The standard InChI is InChI=1S/C10H15N3O4S2/c1-6-9(7(2)12(3)11-6)19(16,17)13-5-18-4-8(13)10(14)15/h8H,4-5H2,1-3H3,(H,14,15)/t8-/m0/s1. The van der Waals surface area contributed by atoms with Gasteiger partial charge in [0.25, 0.3) is 0 Å². The number of aryl methyl sites for hydroxylation is 2. The molecule has 0 aliphatic carbocycles. The Balaban J connectivity index is 2.51. The molecule has 0 bridgehead atoms. The molecule has 0 saturated carbocycles. The molecule has 9 heteroatoms. The molecule has 2 heterocycles. The Labute approximate surface area is 115 Å². The van der Waals surface area contributed by atoms with Gasteiger partial charge in [-0.1, -0.05) is 0 Å². The van der Waals surface area contributed by atoms with Gasteiger partial charge in [-0.25, -0.2) is 8.42 Å². The van der Waals surface area contributed by atoms with Crippen LogP contribution in [0.1, 0.15) is 11.4 Å². The van der Waals surface area contributed by atoms with Gasteiger partial charge in [0, 0.05) is 12.8 Å². The molecule has 1 atom stereocenters. The van der Waals surface area contributed by atoms with Gasteiger partial charge in [-0.3, -0.25) is 9.48 Å². The summed E-state index contributed by atoms with van der Waals surface area (Å²) in [6.45, 7) is 3.27. The Kier molecular flexibility index (Phi) is 3.63. The number of carbonyl (C=O) groups is 1. The average Bonchev–Trinajstić information content (AvgIpc) is 2.85. The zero-order valence-corrected chi connectivity index (χ0v) is 12.5. The highest BCUT2D eigenvalue weighted by atomic mass is 32.2. The van der Waals surface area contributed by atoms with E-state index in [1.165, 1.54) is 16.4 Å². The number of aliphatic carboxylic acids is 1. The summed E-state index contributed by atoms with van der Waals surface area (Å²) in [5.74, 6) is -0.687. The van der Waals surface area contributed by atoms with Crippen LogP contribution in [0.5, 0.6) is 0 Å². The molecule has 1 aromatic heterocycles. The number of hydrogen-bond acceptors (Lipinski definition) is 5. The third-order valence-electron chi connectivity index (χ3n) is 3.14. The second kappa shape index (κ2) is 4.80. The fraction of sp³-hybridized carbons (Fsp3) is 0.600. The molecule has 0 amide bonds. The summed E-state index contributed by atoms with van der Waals surface area (Å²) in [7, 11) is -2.16. The molecular weight excluding hydrogens is 290 g/mol. The van der Waals surface area contributed by atoms with Crippen molar-refractivity contribution in [2.45, 2.75) is 24.8 Å². The Morgan fingerprint density at radius 2 is 2.11 bits per heavy atom. The van der Waals surface area contributed by atoms with E-state index in [0.717, 1.165) is 4.31 Å². The lowest BCUT2D eigenvalue weighted by Gasteiger charge is -2.20. The SMILES string of the molecule is Cc1nn(C)c(C)c1S(=O)(=O)N1CSC[C@H]1C(=O)O. The first-order valence-corrected chi connectivity index (χ1v) is 8.19. The van der Waals surface area contributed by atoms with Crippen molar-refractivity contribution in [3.05, 3.63) is 11.4 Å². The molecule has 1 aliphatic rings. The van der Waals surface area contributed by atoms with E-state index < -0.39 is 22.0 Å². The van der Waals surface area contributed by atoms with Crippen LogP contribution in [0.15, 0.2) is 4.90 Å². The van der Waals surface area contributed by atoms with E-state index in [2.05, 4.69) is 5.10 Å². The van der Waals surface area contributed by atoms with E-state index in [1.54, 1.807) is 20.9 Å². The maximum Gasteiger partial charge on any atom is 0.322 e. The average molecular weight is 305 g/mol. The predicted octanol–water partition coefficient (Wildman–Crippen LogP) is 0.185. The van der Waals surface area contributed by atoms with E-state index >= 15 is 0 Å². The van der Waals surface area contributed by atoms with E-state index in [-0.39, 0.29) is 16.5 Å². The molecule has 0 radical (unpaired) electrons. The summed E-state index contributed by atoms with van der Waals surface area (Å²) in [5.41, 5.74) is 0.902. The van der Waals surface area contributed by atoms with Gasteiger partial charge in [0.1, 0.15) is 10.9 Å². The van der Waals surface area contributed by atoms with Crippen molar-refractivity contribution in [2.24, 2.45) is 7.05 Å². The van der Waals surface area contributed by atoms with E-state index in [9.17, 15) is 13.2 Å². The van der Waals surface area contributed by atoms with E-state index in [0.29, 0.717) is 11.4 Å². The Morgan fingerprint density at radius 3 is 2.58 bits per heavy atom. The van der Waals surface area contributed by atoms with E-state index in [1.807, 2.05) is 0 Å². The molecule has 0 aromatic carbocycles. The van der Waals surface area contributed by atoms with E-state index in [4.69, 9.17) is 5.11 Å². The number of carboxylic acids is 1. The van der Waals surface area contributed by atoms with Crippen LogP contribution in [-0.4, -0.2) is 51.3 Å². The first-order chi connectivity index (χ1) is 8.76. The fourth-order valence-corrected chi connectivity index (χ4v) is 5.64. The lowest BCUT2D eigenvalue weighted by molar-refractivity contribution is -0.140. The van der Waals surface area contributed by atoms with Crippen LogP contribution in [-0.2, 0) is 21.9 Å². The molecule has 2 rings (SSSR count). The monoisotopic (exact) mass is 305 g/mol. The van der Waals surface area contributed by atoms with Crippen LogP contribution in [0.4, 0.5) is 0 Å². The first kappa shape index (κ1) is 14.4. The highest BCUT2D eigenvalue weighted by Crippen LogP contribution is 2.31. The lowest BCUT2D eigenvalue weighted by Crippen LogP contribution is -2.42. The van der Waals surface area contributed by atoms with Crippen LogP contribution < -0.4 is 0 Å². The number of thioether (sulfide) groups is 1. The molecule has 1 aromatic rings. The highest BCUT2D eigenvalue weighted by Gasteiger charge is 2.42. The third kappa shape index (κ3) is 2.26. The largest absolute Gasteiger partial charge is 0.480 e. The Hall–Kier alpha value is -1.06. The van der Waals surface area contributed by atoms with Gasteiger partial charge < -0.3 is 5.11 Å². The summed E-state index contributed by atoms with van der Waals surface area (Å²) >= 11 is 1.30. The van der Waals surface area contributed by atoms with Crippen molar-refractivity contribution in [3.63, 3.8) is 0 Å². The Bertz CT molecular complexity index is 623. The summed E-state index contributed by atoms with van der Waals surface area (Å²) < 4.78 is 27.7. The Morgan fingerprint density at radius 1 is 1.47 bits per heavy atom. The number of nitrogens with zero attached hydrogens (tertiary/aromatic N) is 3. The van der Waals surface area contributed by atoms with Gasteiger partial charge in [0.2, 0.25) is 10.0 Å². The summed E-state index contributed by atoms with van der Waals surface area (Å²) in [6, 6.07) is -1.01. The number of hydrogen-bond donors (Lipinski definition) is 1. The molecule has 1 saturated heterocycles. The smallest absolute Gasteiger partial charge is 0.322 e. The minimum absolute atomic E-state index is 0.115. The maximum absolute atomic E-state index is 12.6. The zero-order chi connectivity index (χ0) is 14.4. The molecule has 0 unspecified atom stereocenters. The summed E-state index contributed by atoms with van der Waals surface area (Å²) in [5, 5.41) is 13.2. The first-order valence-electron chi connectivity index (χ1n) is 5.59. The van der Waals surface area contributed by atoms with Gasteiger partial charge in [0.05, 0.1) is 17.3 Å². The summed E-state index contributed by atoms with van der Waals surface area (Å²) in [6.07, 6.45) is 0. The number of sulfonamides is 1. The molecular formula is C10H15N3O4S2. The van der Waals surface area contributed by atoms with Crippen molar-refractivity contribution < 1.29 is 18.3 Å². The molecule has 7 nitrogen and oxygen atoms in total. The zero-order valence-electron chi connectivity index (χ0n) is 10.8. The molecule has 1 aliphatic heterocycles. The van der Waals surface area contributed by atoms with Crippen molar-refractivity contribution in [3.8, 4) is 0 Å².